The van der Waals surface area contributed by atoms with Crippen LogP contribution in [0.2, 0.25) is 0 Å². The monoisotopic (exact) mass is 281 g/mol. The second-order valence-electron chi connectivity index (χ2n) is 3.50. The zero-order valence-electron chi connectivity index (χ0n) is 9.59. The average Bonchev–Trinajstić information content (AvgIpc) is 2.29. The highest BCUT2D eigenvalue weighted by Crippen LogP contribution is 2.28. The Hall–Kier alpha value is -0.980. The summed E-state index contributed by atoms with van der Waals surface area (Å²) in [6.45, 7) is 2.65. The maximum Gasteiger partial charge on any atom is 0.125 e. The molecule has 0 aliphatic heterocycles. The van der Waals surface area contributed by atoms with Gasteiger partial charge in [0.15, 0.2) is 0 Å². The number of rotatable bonds is 5. The predicted molar refractivity (Wildman–Crippen MR) is 70.6 cm³/mol. The van der Waals surface area contributed by atoms with E-state index in [0.29, 0.717) is 13.0 Å². The van der Waals surface area contributed by atoms with Crippen molar-refractivity contribution in [3.05, 3.63) is 28.2 Å². The normalized spacial score (nSPS) is 11.9. The summed E-state index contributed by atoms with van der Waals surface area (Å²) in [4.78, 5) is 0. The lowest BCUT2D eigenvalue weighted by Crippen LogP contribution is -2.14. The zero-order chi connectivity index (χ0) is 12.0. The molecule has 0 aromatic heterocycles. The van der Waals surface area contributed by atoms with Gasteiger partial charge in [-0.3, -0.25) is 0 Å². The quantitative estimate of drug-likeness (QED) is 0.661. The fourth-order valence-electron chi connectivity index (χ4n) is 1.37. The first kappa shape index (κ1) is 13.1. The van der Waals surface area contributed by atoms with Gasteiger partial charge in [0.05, 0.1) is 6.61 Å². The second kappa shape index (κ2) is 6.57. The molecule has 1 rings (SSSR count). The van der Waals surface area contributed by atoms with Crippen molar-refractivity contribution in [3.8, 4) is 18.1 Å². The molecule has 1 aromatic carbocycles. The first-order valence-corrected chi connectivity index (χ1v) is 6.01. The molecule has 86 valence electrons. The topological polar surface area (TPSA) is 21.3 Å². The minimum absolute atomic E-state index is 0.258. The van der Waals surface area contributed by atoms with Crippen molar-refractivity contribution in [1.29, 1.82) is 0 Å². The van der Waals surface area contributed by atoms with Crippen LogP contribution in [0.15, 0.2) is 22.7 Å². The van der Waals surface area contributed by atoms with Gasteiger partial charge in [0.25, 0.3) is 0 Å². The lowest BCUT2D eigenvalue weighted by molar-refractivity contribution is 0.320. The molecule has 0 amide bonds. The number of benzene rings is 1. The first-order valence-electron chi connectivity index (χ1n) is 5.22. The van der Waals surface area contributed by atoms with E-state index >= 15 is 0 Å². The maximum absolute atomic E-state index is 5.67. The Kier molecular flexibility index (Phi) is 5.37. The van der Waals surface area contributed by atoms with E-state index in [-0.39, 0.29) is 6.04 Å². The van der Waals surface area contributed by atoms with Gasteiger partial charge in [0.1, 0.15) is 5.75 Å². The largest absolute Gasteiger partial charge is 0.492 e. The van der Waals surface area contributed by atoms with Crippen molar-refractivity contribution >= 4 is 15.9 Å². The van der Waals surface area contributed by atoms with Crippen molar-refractivity contribution in [2.24, 2.45) is 0 Å². The Balaban J connectivity index is 2.86. The summed E-state index contributed by atoms with van der Waals surface area (Å²) in [6.07, 6.45) is 5.82. The Morgan fingerprint density at radius 2 is 2.31 bits per heavy atom. The van der Waals surface area contributed by atoms with Crippen molar-refractivity contribution in [1.82, 2.24) is 5.32 Å². The standard InChI is InChI=1S/C13H16BrNO/c1-4-5-8-16-13-9-11(14)6-7-12(13)10(2)15-3/h1,6-7,9-10,15H,5,8H2,2-3H3. The van der Waals surface area contributed by atoms with Gasteiger partial charge >= 0.3 is 0 Å². The zero-order valence-corrected chi connectivity index (χ0v) is 11.2. The SMILES string of the molecule is C#CCCOc1cc(Br)ccc1C(C)NC. The van der Waals surface area contributed by atoms with E-state index < -0.39 is 0 Å². The molecule has 0 saturated carbocycles. The minimum atomic E-state index is 0.258. The average molecular weight is 282 g/mol. The third-order valence-electron chi connectivity index (χ3n) is 2.38. The Bertz CT molecular complexity index is 384. The van der Waals surface area contributed by atoms with Crippen LogP contribution in [-0.4, -0.2) is 13.7 Å². The Labute approximate surface area is 106 Å². The van der Waals surface area contributed by atoms with Crippen LogP contribution in [0, 0.1) is 12.3 Å². The molecule has 1 atom stereocenters. The number of nitrogens with one attached hydrogen (secondary N) is 1. The molecule has 0 heterocycles. The summed E-state index contributed by atoms with van der Waals surface area (Å²) >= 11 is 3.44. The van der Waals surface area contributed by atoms with Gasteiger partial charge in [0, 0.05) is 22.5 Å². The van der Waals surface area contributed by atoms with E-state index in [1.165, 1.54) is 0 Å². The molecule has 0 aliphatic carbocycles. The Morgan fingerprint density at radius 3 is 2.94 bits per heavy atom. The van der Waals surface area contributed by atoms with E-state index in [9.17, 15) is 0 Å². The van der Waals surface area contributed by atoms with Crippen LogP contribution in [0.3, 0.4) is 0 Å². The lowest BCUT2D eigenvalue weighted by Gasteiger charge is -2.16. The molecule has 0 bridgehead atoms. The predicted octanol–water partition coefficient (Wildman–Crippen LogP) is 3.13. The van der Waals surface area contributed by atoms with E-state index in [0.717, 1.165) is 15.8 Å². The number of ether oxygens (including phenoxy) is 1. The first-order chi connectivity index (χ1) is 7.69. The van der Waals surface area contributed by atoms with Crippen LogP contribution >= 0.6 is 15.9 Å². The van der Waals surface area contributed by atoms with Crippen molar-refractivity contribution < 1.29 is 4.74 Å². The number of hydrogen-bond acceptors (Lipinski definition) is 2. The molecule has 2 nitrogen and oxygen atoms in total. The van der Waals surface area contributed by atoms with Crippen LogP contribution < -0.4 is 10.1 Å². The van der Waals surface area contributed by atoms with Crippen LogP contribution in [0.4, 0.5) is 0 Å². The highest BCUT2D eigenvalue weighted by molar-refractivity contribution is 9.10. The number of halogens is 1. The lowest BCUT2D eigenvalue weighted by atomic mass is 10.1. The molecular weight excluding hydrogens is 266 g/mol. The van der Waals surface area contributed by atoms with Gasteiger partial charge in [0.2, 0.25) is 0 Å². The van der Waals surface area contributed by atoms with Gasteiger partial charge in [-0.1, -0.05) is 22.0 Å². The van der Waals surface area contributed by atoms with Crippen molar-refractivity contribution in [3.63, 3.8) is 0 Å². The summed E-state index contributed by atoms with van der Waals surface area (Å²) in [7, 11) is 1.93. The molecule has 3 heteroatoms. The van der Waals surface area contributed by atoms with Gasteiger partial charge in [-0.15, -0.1) is 12.3 Å². The summed E-state index contributed by atoms with van der Waals surface area (Å²) in [6, 6.07) is 6.29. The Morgan fingerprint density at radius 1 is 1.56 bits per heavy atom. The van der Waals surface area contributed by atoms with E-state index in [1.807, 2.05) is 19.2 Å². The van der Waals surface area contributed by atoms with E-state index in [4.69, 9.17) is 11.2 Å². The maximum atomic E-state index is 5.67. The fourth-order valence-corrected chi connectivity index (χ4v) is 1.71. The van der Waals surface area contributed by atoms with Crippen molar-refractivity contribution in [2.75, 3.05) is 13.7 Å². The smallest absolute Gasteiger partial charge is 0.125 e. The number of hydrogen-bond donors (Lipinski definition) is 1. The van der Waals surface area contributed by atoms with Gasteiger partial charge in [-0.25, -0.2) is 0 Å². The molecule has 0 fully saturated rings. The molecule has 1 aromatic rings. The second-order valence-corrected chi connectivity index (χ2v) is 4.41. The molecule has 1 unspecified atom stereocenters. The molecule has 1 N–H and O–H groups in total. The van der Waals surface area contributed by atoms with Gasteiger partial charge in [-0.05, 0) is 26.1 Å². The van der Waals surface area contributed by atoms with Gasteiger partial charge in [-0.2, -0.15) is 0 Å². The minimum Gasteiger partial charge on any atom is -0.492 e. The van der Waals surface area contributed by atoms with Crippen LogP contribution in [0.1, 0.15) is 24.9 Å². The molecule has 0 spiro atoms. The third-order valence-corrected chi connectivity index (χ3v) is 2.87. The molecule has 0 aliphatic rings. The highest BCUT2D eigenvalue weighted by Gasteiger charge is 2.10. The van der Waals surface area contributed by atoms with Crippen LogP contribution in [0.25, 0.3) is 0 Å². The summed E-state index contributed by atoms with van der Waals surface area (Å²) < 4.78 is 6.68. The number of terminal acetylenes is 1. The van der Waals surface area contributed by atoms with Crippen LogP contribution in [-0.2, 0) is 0 Å². The summed E-state index contributed by atoms with van der Waals surface area (Å²) in [5.41, 5.74) is 1.14. The molecule has 0 saturated heterocycles. The molecule has 0 radical (unpaired) electrons. The van der Waals surface area contributed by atoms with Crippen LogP contribution in [0.5, 0.6) is 5.75 Å². The van der Waals surface area contributed by atoms with Gasteiger partial charge < -0.3 is 10.1 Å². The van der Waals surface area contributed by atoms with E-state index in [2.05, 4.69) is 40.2 Å². The highest BCUT2D eigenvalue weighted by atomic mass is 79.9. The molecular formula is C13H16BrNO. The summed E-state index contributed by atoms with van der Waals surface area (Å²) in [5.74, 6) is 3.44. The third kappa shape index (κ3) is 3.55. The van der Waals surface area contributed by atoms with Crippen molar-refractivity contribution in [2.45, 2.75) is 19.4 Å². The molecule has 16 heavy (non-hydrogen) atoms. The fraction of sp³-hybridized carbons (Fsp3) is 0.385. The van der Waals surface area contributed by atoms with E-state index in [1.54, 1.807) is 0 Å². The summed E-state index contributed by atoms with van der Waals surface area (Å²) in [5, 5.41) is 3.20.